The number of hydrogen-bond donors (Lipinski definition) is 1. The van der Waals surface area contributed by atoms with Crippen LogP contribution in [0.4, 0.5) is 11.5 Å². The van der Waals surface area contributed by atoms with Gasteiger partial charge >= 0.3 is 5.69 Å². The van der Waals surface area contributed by atoms with Crippen LogP contribution in [-0.4, -0.2) is 20.9 Å². The van der Waals surface area contributed by atoms with Gasteiger partial charge in [0.25, 0.3) is 0 Å². The summed E-state index contributed by atoms with van der Waals surface area (Å²) in [6.45, 7) is 2.09. The fourth-order valence-electron chi connectivity index (χ4n) is 1.68. The zero-order valence-electron chi connectivity index (χ0n) is 8.68. The average molecular weight is 243 g/mol. The molecule has 2 rings (SSSR count). The number of rotatable bonds is 4. The van der Waals surface area contributed by atoms with Crippen molar-refractivity contribution < 1.29 is 4.92 Å². The fraction of sp³-hybridized carbons (Fsp3) is 0.556. The molecule has 16 heavy (non-hydrogen) atoms. The molecule has 1 fully saturated rings. The Kier molecular flexibility index (Phi) is 2.91. The third kappa shape index (κ3) is 2.06. The Hall–Kier alpha value is -1.43. The monoisotopic (exact) mass is 242 g/mol. The molecule has 0 spiro atoms. The van der Waals surface area contributed by atoms with Crippen molar-refractivity contribution in [3.63, 3.8) is 0 Å². The van der Waals surface area contributed by atoms with E-state index < -0.39 is 4.92 Å². The number of hydrogen-bond acceptors (Lipinski definition) is 5. The van der Waals surface area contributed by atoms with E-state index in [4.69, 9.17) is 11.6 Å². The van der Waals surface area contributed by atoms with Crippen LogP contribution in [0.15, 0.2) is 6.33 Å². The zero-order valence-corrected chi connectivity index (χ0v) is 9.44. The van der Waals surface area contributed by atoms with E-state index in [1.165, 1.54) is 6.33 Å². The van der Waals surface area contributed by atoms with Gasteiger partial charge in [-0.05, 0) is 12.3 Å². The molecule has 1 aromatic rings. The van der Waals surface area contributed by atoms with E-state index in [9.17, 15) is 10.1 Å². The predicted molar refractivity (Wildman–Crippen MR) is 59.5 cm³/mol. The van der Waals surface area contributed by atoms with Crippen LogP contribution >= 0.6 is 11.6 Å². The number of nitrogens with one attached hydrogen (secondary N) is 1. The molecule has 0 aliphatic heterocycles. The minimum absolute atomic E-state index is 0.129. The molecule has 1 aromatic heterocycles. The smallest absolute Gasteiger partial charge is 0.348 e. The number of halogens is 1. The number of anilines is 1. The Morgan fingerprint density at radius 3 is 3.00 bits per heavy atom. The lowest BCUT2D eigenvalue weighted by atomic mass is 10.3. The molecular formula is C9H11ClN4O2. The van der Waals surface area contributed by atoms with Crippen molar-refractivity contribution in [2.45, 2.75) is 25.8 Å². The van der Waals surface area contributed by atoms with Gasteiger partial charge in [-0.25, -0.2) is 9.97 Å². The summed E-state index contributed by atoms with van der Waals surface area (Å²) in [6, 6.07) is 0.273. The summed E-state index contributed by atoms with van der Waals surface area (Å²) in [5.74, 6) is 0.791. The van der Waals surface area contributed by atoms with Crippen LogP contribution < -0.4 is 5.32 Å². The Balaban J connectivity index is 2.20. The van der Waals surface area contributed by atoms with Crippen LogP contribution in [0.2, 0.25) is 5.15 Å². The van der Waals surface area contributed by atoms with Gasteiger partial charge in [0.2, 0.25) is 11.0 Å². The predicted octanol–water partition coefficient (Wildman–Crippen LogP) is 2.25. The fourth-order valence-corrected chi connectivity index (χ4v) is 1.88. The van der Waals surface area contributed by atoms with Gasteiger partial charge < -0.3 is 5.32 Å². The van der Waals surface area contributed by atoms with Crippen molar-refractivity contribution in [3.8, 4) is 0 Å². The molecule has 1 heterocycles. The standard InChI is InChI=1S/C9H11ClN4O2/c1-2-5-3-6(5)13-9-7(14(15)16)8(10)11-4-12-9/h4-6H,2-3H2,1H3,(H,11,12,13). The molecule has 0 aromatic carbocycles. The lowest BCUT2D eigenvalue weighted by molar-refractivity contribution is -0.384. The molecule has 1 aliphatic rings. The molecule has 0 bridgehead atoms. The van der Waals surface area contributed by atoms with Gasteiger partial charge in [-0.2, -0.15) is 0 Å². The molecule has 0 amide bonds. The lowest BCUT2D eigenvalue weighted by Gasteiger charge is -2.05. The first kappa shape index (κ1) is 11.1. The minimum atomic E-state index is -0.562. The van der Waals surface area contributed by atoms with Crippen molar-refractivity contribution in [1.82, 2.24) is 9.97 Å². The van der Waals surface area contributed by atoms with Crippen molar-refractivity contribution in [1.29, 1.82) is 0 Å². The molecule has 1 N–H and O–H groups in total. The largest absolute Gasteiger partial charge is 0.361 e. The first-order chi connectivity index (χ1) is 7.63. The van der Waals surface area contributed by atoms with E-state index >= 15 is 0 Å². The Morgan fingerprint density at radius 2 is 2.44 bits per heavy atom. The van der Waals surface area contributed by atoms with Gasteiger partial charge in [0.1, 0.15) is 6.33 Å². The summed E-state index contributed by atoms with van der Waals surface area (Å²) in [4.78, 5) is 17.7. The molecule has 86 valence electrons. The zero-order chi connectivity index (χ0) is 11.7. The van der Waals surface area contributed by atoms with Crippen molar-refractivity contribution >= 4 is 23.1 Å². The van der Waals surface area contributed by atoms with Crippen molar-refractivity contribution in [2.24, 2.45) is 5.92 Å². The van der Waals surface area contributed by atoms with Crippen LogP contribution in [0.25, 0.3) is 0 Å². The SMILES string of the molecule is CCC1CC1Nc1ncnc(Cl)c1[N+](=O)[O-]. The summed E-state index contributed by atoms with van der Waals surface area (Å²) >= 11 is 5.67. The highest BCUT2D eigenvalue weighted by Gasteiger charge is 2.37. The second kappa shape index (κ2) is 4.21. The second-order valence-electron chi connectivity index (χ2n) is 3.77. The van der Waals surface area contributed by atoms with Gasteiger partial charge in [0.05, 0.1) is 4.92 Å². The minimum Gasteiger partial charge on any atom is -0.361 e. The topological polar surface area (TPSA) is 81.0 Å². The van der Waals surface area contributed by atoms with E-state index in [-0.39, 0.29) is 22.7 Å². The lowest BCUT2D eigenvalue weighted by Crippen LogP contribution is -2.09. The maximum absolute atomic E-state index is 10.8. The molecule has 0 saturated heterocycles. The van der Waals surface area contributed by atoms with E-state index in [0.717, 1.165) is 12.8 Å². The van der Waals surface area contributed by atoms with Crippen LogP contribution in [0, 0.1) is 16.0 Å². The highest BCUT2D eigenvalue weighted by atomic mass is 35.5. The van der Waals surface area contributed by atoms with Gasteiger partial charge in [-0.3, -0.25) is 10.1 Å². The van der Waals surface area contributed by atoms with E-state index in [1.54, 1.807) is 0 Å². The molecule has 1 aliphatic carbocycles. The maximum atomic E-state index is 10.8. The molecule has 0 radical (unpaired) electrons. The third-order valence-corrected chi connectivity index (χ3v) is 3.01. The average Bonchev–Trinajstić information content (AvgIpc) is 2.96. The Bertz CT molecular complexity index is 426. The Morgan fingerprint density at radius 1 is 1.69 bits per heavy atom. The number of aromatic nitrogens is 2. The van der Waals surface area contributed by atoms with Crippen LogP contribution in [0.5, 0.6) is 0 Å². The van der Waals surface area contributed by atoms with Gasteiger partial charge in [-0.1, -0.05) is 24.9 Å². The van der Waals surface area contributed by atoms with Gasteiger partial charge in [-0.15, -0.1) is 0 Å². The summed E-state index contributed by atoms with van der Waals surface area (Å²) in [5, 5.41) is 13.7. The first-order valence-electron chi connectivity index (χ1n) is 5.05. The summed E-state index contributed by atoms with van der Waals surface area (Å²) in [6.07, 6.45) is 3.31. The van der Waals surface area contributed by atoms with Gasteiger partial charge in [0.15, 0.2) is 0 Å². The van der Waals surface area contributed by atoms with E-state index in [2.05, 4.69) is 22.2 Å². The Labute approximate surface area is 97.2 Å². The highest BCUT2D eigenvalue weighted by Crippen LogP contribution is 2.38. The quantitative estimate of drug-likeness (QED) is 0.498. The first-order valence-corrected chi connectivity index (χ1v) is 5.42. The summed E-state index contributed by atoms with van der Waals surface area (Å²) in [5.41, 5.74) is -0.245. The van der Waals surface area contributed by atoms with Crippen molar-refractivity contribution in [3.05, 3.63) is 21.6 Å². The third-order valence-electron chi connectivity index (χ3n) is 2.73. The number of nitrogens with zero attached hydrogens (tertiary/aromatic N) is 3. The van der Waals surface area contributed by atoms with E-state index in [1.807, 2.05) is 0 Å². The molecule has 2 atom stereocenters. The summed E-state index contributed by atoms with van der Waals surface area (Å²) in [7, 11) is 0. The molecule has 1 saturated carbocycles. The molecule has 6 nitrogen and oxygen atoms in total. The second-order valence-corrected chi connectivity index (χ2v) is 4.13. The van der Waals surface area contributed by atoms with Crippen molar-refractivity contribution in [2.75, 3.05) is 5.32 Å². The van der Waals surface area contributed by atoms with E-state index in [0.29, 0.717) is 5.92 Å². The van der Waals surface area contributed by atoms with Crippen LogP contribution in [-0.2, 0) is 0 Å². The maximum Gasteiger partial charge on any atom is 0.348 e. The van der Waals surface area contributed by atoms with Crippen LogP contribution in [0.1, 0.15) is 19.8 Å². The molecule has 2 unspecified atom stereocenters. The summed E-state index contributed by atoms with van der Waals surface area (Å²) < 4.78 is 0. The normalized spacial score (nSPS) is 22.9. The van der Waals surface area contributed by atoms with Gasteiger partial charge in [0, 0.05) is 6.04 Å². The highest BCUT2D eigenvalue weighted by molar-refractivity contribution is 6.31. The number of nitro groups is 1. The molecular weight excluding hydrogens is 232 g/mol. The molecule has 7 heteroatoms. The van der Waals surface area contributed by atoms with Crippen LogP contribution in [0.3, 0.4) is 0 Å².